The van der Waals surface area contributed by atoms with Gasteiger partial charge in [-0.25, -0.2) is 4.98 Å². The monoisotopic (exact) mass is 447 g/mol. The van der Waals surface area contributed by atoms with E-state index in [1.807, 2.05) is 36.6 Å². The Labute approximate surface area is 189 Å². The summed E-state index contributed by atoms with van der Waals surface area (Å²) in [5, 5.41) is 8.23. The number of ether oxygens (including phenoxy) is 1. The third kappa shape index (κ3) is 5.83. The highest BCUT2D eigenvalue weighted by molar-refractivity contribution is 7.09. The van der Waals surface area contributed by atoms with Gasteiger partial charge in [0.1, 0.15) is 17.4 Å². The summed E-state index contributed by atoms with van der Waals surface area (Å²) < 4.78 is 10.8. The van der Waals surface area contributed by atoms with Crippen molar-refractivity contribution in [2.75, 3.05) is 10.6 Å². The molecule has 2 amide bonds. The van der Waals surface area contributed by atoms with Crippen molar-refractivity contribution in [2.45, 2.75) is 20.0 Å². The largest absolute Gasteiger partial charge is 0.486 e. The Morgan fingerprint density at radius 2 is 1.72 bits per heavy atom. The highest BCUT2D eigenvalue weighted by Gasteiger charge is 2.11. The summed E-state index contributed by atoms with van der Waals surface area (Å²) in [6, 6.07) is 17.9. The number of furan rings is 1. The van der Waals surface area contributed by atoms with Crippen molar-refractivity contribution in [1.29, 1.82) is 0 Å². The molecule has 162 valence electrons. The summed E-state index contributed by atoms with van der Waals surface area (Å²) in [6.07, 6.45) is 1.61. The zero-order valence-corrected chi connectivity index (χ0v) is 18.1. The fourth-order valence-corrected chi connectivity index (χ4v) is 3.59. The number of hydrogen-bond acceptors (Lipinski definition) is 6. The number of carbonyl (C=O) groups excluding carboxylic acids is 2. The van der Waals surface area contributed by atoms with Crippen molar-refractivity contribution in [3.05, 3.63) is 94.3 Å². The maximum Gasteiger partial charge on any atom is 0.291 e. The van der Waals surface area contributed by atoms with E-state index in [-0.39, 0.29) is 24.0 Å². The van der Waals surface area contributed by atoms with Gasteiger partial charge < -0.3 is 19.8 Å². The number of aryl methyl sites for hydroxylation is 1. The van der Waals surface area contributed by atoms with Crippen molar-refractivity contribution >= 4 is 34.5 Å². The van der Waals surface area contributed by atoms with E-state index >= 15 is 0 Å². The summed E-state index contributed by atoms with van der Waals surface area (Å²) in [4.78, 5) is 28.8. The topological polar surface area (TPSA) is 93.5 Å². The number of benzene rings is 2. The average molecular weight is 448 g/mol. The summed E-state index contributed by atoms with van der Waals surface area (Å²) in [7, 11) is 0. The lowest BCUT2D eigenvalue weighted by Gasteiger charge is -2.07. The Hall–Kier alpha value is -3.91. The summed E-state index contributed by atoms with van der Waals surface area (Å²) in [5.41, 5.74) is 3.09. The van der Waals surface area contributed by atoms with Crippen LogP contribution in [0.25, 0.3) is 0 Å². The standard InChI is InChI=1S/C24H21N3O4S/c1-16-4-10-20(11-5-16)31-14-23-26-19(15-32-23)13-22(28)25-17-6-8-18(9-7-17)27-24(29)21-3-2-12-30-21/h2-12,15H,13-14H2,1H3,(H,25,28)(H,27,29). The molecule has 2 heterocycles. The van der Waals surface area contributed by atoms with E-state index in [1.165, 1.54) is 23.2 Å². The average Bonchev–Trinajstić information content (AvgIpc) is 3.47. The lowest BCUT2D eigenvalue weighted by molar-refractivity contribution is -0.115. The van der Waals surface area contributed by atoms with E-state index in [2.05, 4.69) is 15.6 Å². The second-order valence-electron chi connectivity index (χ2n) is 7.07. The van der Waals surface area contributed by atoms with Gasteiger partial charge in [-0.1, -0.05) is 17.7 Å². The minimum absolute atomic E-state index is 0.165. The van der Waals surface area contributed by atoms with E-state index in [1.54, 1.807) is 36.4 Å². The lowest BCUT2D eigenvalue weighted by Crippen LogP contribution is -2.15. The Balaban J connectivity index is 1.25. The van der Waals surface area contributed by atoms with Crippen LogP contribution in [0.15, 0.2) is 76.7 Å². The molecule has 0 unspecified atom stereocenters. The first-order valence-corrected chi connectivity index (χ1v) is 10.8. The molecule has 2 N–H and O–H groups in total. The molecular weight excluding hydrogens is 426 g/mol. The first-order chi connectivity index (χ1) is 15.5. The van der Waals surface area contributed by atoms with Crippen LogP contribution in [0.3, 0.4) is 0 Å². The highest BCUT2D eigenvalue weighted by Crippen LogP contribution is 2.18. The number of thiazole rings is 1. The van der Waals surface area contributed by atoms with Gasteiger partial charge in [-0.05, 0) is 55.5 Å². The van der Waals surface area contributed by atoms with Gasteiger partial charge in [-0.2, -0.15) is 0 Å². The predicted octanol–water partition coefficient (Wildman–Crippen LogP) is 5.06. The second-order valence-corrected chi connectivity index (χ2v) is 8.01. The zero-order valence-electron chi connectivity index (χ0n) is 17.3. The van der Waals surface area contributed by atoms with Gasteiger partial charge in [0.05, 0.1) is 18.4 Å². The Morgan fingerprint density at radius 1 is 1.00 bits per heavy atom. The van der Waals surface area contributed by atoms with Crippen LogP contribution in [0.4, 0.5) is 11.4 Å². The number of nitrogens with zero attached hydrogens (tertiary/aromatic N) is 1. The molecule has 8 heteroatoms. The molecule has 0 saturated heterocycles. The summed E-state index contributed by atoms with van der Waals surface area (Å²) in [6.45, 7) is 2.39. The van der Waals surface area contributed by atoms with E-state index in [0.717, 1.165) is 10.8 Å². The molecule has 2 aromatic heterocycles. The van der Waals surface area contributed by atoms with Crippen LogP contribution in [0.1, 0.15) is 26.8 Å². The molecule has 0 atom stereocenters. The SMILES string of the molecule is Cc1ccc(OCc2nc(CC(=O)Nc3ccc(NC(=O)c4ccco4)cc3)cs2)cc1. The number of nitrogens with one attached hydrogen (secondary N) is 2. The van der Waals surface area contributed by atoms with Gasteiger partial charge >= 0.3 is 0 Å². The van der Waals surface area contributed by atoms with Crippen LogP contribution in [-0.2, 0) is 17.8 Å². The van der Waals surface area contributed by atoms with Crippen LogP contribution >= 0.6 is 11.3 Å². The molecule has 0 bridgehead atoms. The van der Waals surface area contributed by atoms with Gasteiger partial charge in [0.25, 0.3) is 5.91 Å². The van der Waals surface area contributed by atoms with Gasteiger partial charge in [0.15, 0.2) is 5.76 Å². The fraction of sp³-hybridized carbons (Fsp3) is 0.125. The van der Waals surface area contributed by atoms with Gasteiger partial charge in [-0.15, -0.1) is 11.3 Å². The fourth-order valence-electron chi connectivity index (χ4n) is 2.88. The van der Waals surface area contributed by atoms with Crippen molar-refractivity contribution in [1.82, 2.24) is 4.98 Å². The van der Waals surface area contributed by atoms with Crippen molar-refractivity contribution in [3.63, 3.8) is 0 Å². The van der Waals surface area contributed by atoms with Crippen molar-refractivity contribution in [2.24, 2.45) is 0 Å². The second kappa shape index (κ2) is 9.93. The number of aromatic nitrogens is 1. The molecular formula is C24H21N3O4S. The smallest absolute Gasteiger partial charge is 0.291 e. The minimum Gasteiger partial charge on any atom is -0.486 e. The molecule has 0 aliphatic carbocycles. The third-order valence-electron chi connectivity index (χ3n) is 4.50. The molecule has 0 aliphatic rings. The van der Waals surface area contributed by atoms with E-state index in [9.17, 15) is 9.59 Å². The summed E-state index contributed by atoms with van der Waals surface area (Å²) >= 11 is 1.46. The van der Waals surface area contributed by atoms with Crippen LogP contribution in [0.5, 0.6) is 5.75 Å². The number of hydrogen-bond donors (Lipinski definition) is 2. The van der Waals surface area contributed by atoms with Gasteiger partial charge in [0.2, 0.25) is 5.91 Å². The maximum absolute atomic E-state index is 12.4. The first-order valence-electron chi connectivity index (χ1n) is 9.93. The maximum atomic E-state index is 12.4. The van der Waals surface area contributed by atoms with Crippen LogP contribution in [0.2, 0.25) is 0 Å². The Morgan fingerprint density at radius 3 is 2.41 bits per heavy atom. The third-order valence-corrected chi connectivity index (χ3v) is 5.37. The molecule has 2 aromatic carbocycles. The number of rotatable bonds is 8. The molecule has 0 saturated carbocycles. The van der Waals surface area contributed by atoms with Crippen LogP contribution < -0.4 is 15.4 Å². The number of carbonyl (C=O) groups is 2. The zero-order chi connectivity index (χ0) is 22.3. The number of anilines is 2. The van der Waals surface area contributed by atoms with Crippen LogP contribution in [0, 0.1) is 6.92 Å². The molecule has 4 rings (SSSR count). The molecule has 0 radical (unpaired) electrons. The lowest BCUT2D eigenvalue weighted by atomic mass is 10.2. The molecule has 0 aliphatic heterocycles. The molecule has 4 aromatic rings. The molecule has 0 spiro atoms. The number of amides is 2. The van der Waals surface area contributed by atoms with E-state index < -0.39 is 0 Å². The highest BCUT2D eigenvalue weighted by atomic mass is 32.1. The minimum atomic E-state index is -0.336. The van der Waals surface area contributed by atoms with Crippen LogP contribution in [-0.4, -0.2) is 16.8 Å². The molecule has 0 fully saturated rings. The van der Waals surface area contributed by atoms with Gasteiger partial charge in [-0.3, -0.25) is 9.59 Å². The van der Waals surface area contributed by atoms with Gasteiger partial charge in [0, 0.05) is 16.8 Å². The predicted molar refractivity (Wildman–Crippen MR) is 123 cm³/mol. The Kier molecular flexibility index (Phi) is 6.62. The summed E-state index contributed by atoms with van der Waals surface area (Å²) in [5.74, 6) is 0.509. The van der Waals surface area contributed by atoms with E-state index in [0.29, 0.717) is 23.7 Å². The quantitative estimate of drug-likeness (QED) is 0.394. The molecule has 32 heavy (non-hydrogen) atoms. The Bertz CT molecular complexity index is 1180. The van der Waals surface area contributed by atoms with Crippen molar-refractivity contribution in [3.8, 4) is 5.75 Å². The normalized spacial score (nSPS) is 10.5. The first kappa shape index (κ1) is 21.3. The molecule has 7 nitrogen and oxygen atoms in total. The van der Waals surface area contributed by atoms with Crippen molar-refractivity contribution < 1.29 is 18.7 Å². The van der Waals surface area contributed by atoms with E-state index in [4.69, 9.17) is 9.15 Å².